The molecule has 2 rings (SSSR count). The Morgan fingerprint density at radius 2 is 2.25 bits per heavy atom. The molecule has 0 aliphatic heterocycles. The third kappa shape index (κ3) is 4.62. The van der Waals surface area contributed by atoms with E-state index in [0.29, 0.717) is 13.2 Å². The number of benzene rings is 1. The van der Waals surface area contributed by atoms with Crippen LogP contribution in [0.2, 0.25) is 0 Å². The second-order valence-corrected chi connectivity index (χ2v) is 5.41. The predicted molar refractivity (Wildman–Crippen MR) is 79.6 cm³/mol. The number of rotatable bonds is 8. The molecule has 0 spiro atoms. The molecule has 1 amide bonds. The van der Waals surface area contributed by atoms with Crippen LogP contribution < -0.4 is 10.6 Å². The molecule has 1 aromatic carbocycles. The van der Waals surface area contributed by atoms with E-state index in [2.05, 4.69) is 34.9 Å². The zero-order valence-corrected chi connectivity index (χ0v) is 12.3. The molecule has 1 saturated carbocycles. The summed E-state index contributed by atoms with van der Waals surface area (Å²) in [6.07, 6.45) is 2.63. The van der Waals surface area contributed by atoms with Crippen LogP contribution >= 0.6 is 0 Å². The summed E-state index contributed by atoms with van der Waals surface area (Å²) in [4.78, 5) is 11.8. The van der Waals surface area contributed by atoms with Crippen LogP contribution in [0.25, 0.3) is 0 Å². The highest BCUT2D eigenvalue weighted by atomic mass is 16.5. The van der Waals surface area contributed by atoms with Crippen molar-refractivity contribution < 1.29 is 9.53 Å². The van der Waals surface area contributed by atoms with Gasteiger partial charge >= 0.3 is 0 Å². The zero-order valence-electron chi connectivity index (χ0n) is 12.3. The van der Waals surface area contributed by atoms with Gasteiger partial charge in [-0.15, -0.1) is 0 Å². The SMILES string of the molecule is COCCNC(=O)C(C)NCc1cccc(C2CC2)c1. The van der Waals surface area contributed by atoms with Crippen LogP contribution in [0, 0.1) is 0 Å². The average Bonchev–Trinajstić information content (AvgIpc) is 3.30. The Balaban J connectivity index is 1.76. The normalized spacial score (nSPS) is 15.9. The smallest absolute Gasteiger partial charge is 0.236 e. The summed E-state index contributed by atoms with van der Waals surface area (Å²) < 4.78 is 4.91. The second kappa shape index (κ2) is 7.41. The Bertz CT molecular complexity index is 444. The number of methoxy groups -OCH3 is 1. The third-order valence-corrected chi connectivity index (χ3v) is 3.61. The lowest BCUT2D eigenvalue weighted by atomic mass is 10.1. The van der Waals surface area contributed by atoms with Crippen molar-refractivity contribution in [2.24, 2.45) is 0 Å². The number of nitrogens with one attached hydrogen (secondary N) is 2. The van der Waals surface area contributed by atoms with Gasteiger partial charge in [0.25, 0.3) is 0 Å². The van der Waals surface area contributed by atoms with Crippen molar-refractivity contribution in [3.8, 4) is 0 Å². The van der Waals surface area contributed by atoms with Gasteiger partial charge in [-0.2, -0.15) is 0 Å². The first kappa shape index (κ1) is 15.0. The molecule has 20 heavy (non-hydrogen) atoms. The predicted octanol–water partition coefficient (Wildman–Crippen LogP) is 1.80. The molecular weight excluding hydrogens is 252 g/mol. The quantitative estimate of drug-likeness (QED) is 0.712. The van der Waals surface area contributed by atoms with E-state index in [0.717, 1.165) is 12.5 Å². The van der Waals surface area contributed by atoms with Crippen LogP contribution in [0.3, 0.4) is 0 Å². The summed E-state index contributed by atoms with van der Waals surface area (Å²) in [6.45, 7) is 3.70. The average molecular weight is 276 g/mol. The van der Waals surface area contributed by atoms with Gasteiger partial charge in [0.05, 0.1) is 12.6 Å². The molecule has 1 atom stereocenters. The maximum atomic E-state index is 11.8. The molecule has 4 heteroatoms. The number of hydrogen-bond donors (Lipinski definition) is 2. The van der Waals surface area contributed by atoms with E-state index in [4.69, 9.17) is 4.74 Å². The standard InChI is InChI=1S/C16H24N2O2/c1-12(16(19)17-8-9-20-2)18-11-13-4-3-5-15(10-13)14-6-7-14/h3-5,10,12,14,18H,6-9,11H2,1-2H3,(H,17,19). The van der Waals surface area contributed by atoms with Gasteiger partial charge in [0.1, 0.15) is 0 Å². The molecule has 4 nitrogen and oxygen atoms in total. The van der Waals surface area contributed by atoms with E-state index in [-0.39, 0.29) is 11.9 Å². The monoisotopic (exact) mass is 276 g/mol. The van der Waals surface area contributed by atoms with Gasteiger partial charge in [0, 0.05) is 20.2 Å². The summed E-state index contributed by atoms with van der Waals surface area (Å²) in [5.41, 5.74) is 2.67. The minimum Gasteiger partial charge on any atom is -0.383 e. The molecule has 0 saturated heterocycles. The summed E-state index contributed by atoms with van der Waals surface area (Å²) in [5.74, 6) is 0.783. The third-order valence-electron chi connectivity index (χ3n) is 3.61. The van der Waals surface area contributed by atoms with Crippen LogP contribution in [-0.4, -0.2) is 32.2 Å². The molecule has 1 fully saturated rings. The van der Waals surface area contributed by atoms with Crippen molar-refractivity contribution in [3.05, 3.63) is 35.4 Å². The Labute approximate surface area is 120 Å². The van der Waals surface area contributed by atoms with Crippen LogP contribution in [0.1, 0.15) is 36.8 Å². The maximum Gasteiger partial charge on any atom is 0.236 e. The van der Waals surface area contributed by atoms with Gasteiger partial charge in [0.2, 0.25) is 5.91 Å². The minimum atomic E-state index is -0.198. The van der Waals surface area contributed by atoms with Crippen LogP contribution in [0.5, 0.6) is 0 Å². The summed E-state index contributed by atoms with van der Waals surface area (Å²) >= 11 is 0. The van der Waals surface area contributed by atoms with Gasteiger partial charge < -0.3 is 15.4 Å². The van der Waals surface area contributed by atoms with Gasteiger partial charge in [-0.3, -0.25) is 4.79 Å². The fraction of sp³-hybridized carbons (Fsp3) is 0.562. The Hall–Kier alpha value is -1.39. The van der Waals surface area contributed by atoms with Gasteiger partial charge in [-0.05, 0) is 36.8 Å². The molecule has 1 aliphatic carbocycles. The van der Waals surface area contributed by atoms with E-state index < -0.39 is 0 Å². The molecule has 1 aromatic rings. The molecule has 0 radical (unpaired) electrons. The largest absolute Gasteiger partial charge is 0.383 e. The van der Waals surface area contributed by atoms with Crippen LogP contribution in [0.15, 0.2) is 24.3 Å². The first-order valence-corrected chi connectivity index (χ1v) is 7.29. The van der Waals surface area contributed by atoms with Crippen molar-refractivity contribution in [2.45, 2.75) is 38.3 Å². The lowest BCUT2D eigenvalue weighted by molar-refractivity contribution is -0.122. The van der Waals surface area contributed by atoms with E-state index in [1.807, 2.05) is 6.92 Å². The minimum absolute atomic E-state index is 0.0143. The molecule has 0 heterocycles. The van der Waals surface area contributed by atoms with Crippen LogP contribution in [0.4, 0.5) is 0 Å². The molecule has 0 bridgehead atoms. The van der Waals surface area contributed by atoms with Crippen molar-refractivity contribution in [2.75, 3.05) is 20.3 Å². The Kier molecular flexibility index (Phi) is 5.56. The molecule has 110 valence electrons. The van der Waals surface area contributed by atoms with Crippen LogP contribution in [-0.2, 0) is 16.1 Å². The number of amides is 1. The first-order valence-electron chi connectivity index (χ1n) is 7.29. The lowest BCUT2D eigenvalue weighted by Gasteiger charge is -2.14. The molecular formula is C16H24N2O2. The van der Waals surface area contributed by atoms with Crippen molar-refractivity contribution >= 4 is 5.91 Å². The molecule has 1 unspecified atom stereocenters. The highest BCUT2D eigenvalue weighted by molar-refractivity contribution is 5.81. The molecule has 0 aromatic heterocycles. The fourth-order valence-corrected chi connectivity index (χ4v) is 2.17. The highest BCUT2D eigenvalue weighted by Crippen LogP contribution is 2.40. The van der Waals surface area contributed by atoms with E-state index in [9.17, 15) is 4.79 Å². The van der Waals surface area contributed by atoms with Gasteiger partial charge in [-0.25, -0.2) is 0 Å². The van der Waals surface area contributed by atoms with Crippen molar-refractivity contribution in [3.63, 3.8) is 0 Å². The summed E-state index contributed by atoms with van der Waals surface area (Å²) in [6, 6.07) is 8.46. The lowest BCUT2D eigenvalue weighted by Crippen LogP contribution is -2.42. The van der Waals surface area contributed by atoms with E-state index in [1.165, 1.54) is 24.0 Å². The first-order chi connectivity index (χ1) is 9.70. The zero-order chi connectivity index (χ0) is 14.4. The van der Waals surface area contributed by atoms with Gasteiger partial charge in [-0.1, -0.05) is 24.3 Å². The second-order valence-electron chi connectivity index (χ2n) is 5.41. The number of carbonyl (C=O) groups is 1. The van der Waals surface area contributed by atoms with Crippen molar-refractivity contribution in [1.29, 1.82) is 0 Å². The fourth-order valence-electron chi connectivity index (χ4n) is 2.17. The topological polar surface area (TPSA) is 50.4 Å². The van der Waals surface area contributed by atoms with E-state index in [1.54, 1.807) is 7.11 Å². The number of ether oxygens (including phenoxy) is 1. The molecule has 1 aliphatic rings. The van der Waals surface area contributed by atoms with Gasteiger partial charge in [0.15, 0.2) is 0 Å². The van der Waals surface area contributed by atoms with E-state index >= 15 is 0 Å². The summed E-state index contributed by atoms with van der Waals surface area (Å²) in [7, 11) is 1.63. The van der Waals surface area contributed by atoms with Crippen molar-refractivity contribution in [1.82, 2.24) is 10.6 Å². The number of hydrogen-bond acceptors (Lipinski definition) is 3. The Morgan fingerprint density at radius 1 is 1.45 bits per heavy atom. The highest BCUT2D eigenvalue weighted by Gasteiger charge is 2.23. The summed E-state index contributed by atoms with van der Waals surface area (Å²) in [5, 5.41) is 6.09. The number of carbonyl (C=O) groups excluding carboxylic acids is 1. The molecule has 2 N–H and O–H groups in total. The maximum absolute atomic E-state index is 11.8. The Morgan fingerprint density at radius 3 is 2.95 bits per heavy atom.